The summed E-state index contributed by atoms with van der Waals surface area (Å²) < 4.78 is 0. The molecule has 0 heterocycles. The molecule has 0 aromatic heterocycles. The highest BCUT2D eigenvalue weighted by atomic mass is 16.3. The van der Waals surface area contributed by atoms with Crippen LogP contribution in [0.5, 0.6) is 0 Å². The van der Waals surface area contributed by atoms with Crippen LogP contribution in [0.15, 0.2) is 18.2 Å². The fourth-order valence-electron chi connectivity index (χ4n) is 3.47. The summed E-state index contributed by atoms with van der Waals surface area (Å²) in [5.74, 6) is 0. The molecule has 0 radical (unpaired) electrons. The first-order chi connectivity index (χ1) is 8.97. The van der Waals surface area contributed by atoms with Crippen LogP contribution in [-0.4, -0.2) is 29.6 Å². The van der Waals surface area contributed by atoms with Crippen molar-refractivity contribution in [1.29, 1.82) is 0 Å². The summed E-state index contributed by atoms with van der Waals surface area (Å²) in [6.07, 6.45) is 5.54. The van der Waals surface area contributed by atoms with Gasteiger partial charge >= 0.3 is 0 Å². The molecular formula is C17H27NO. The maximum Gasteiger partial charge on any atom is 0.0976 e. The second-order valence-corrected chi connectivity index (χ2v) is 6.32. The summed E-state index contributed by atoms with van der Waals surface area (Å²) in [5.41, 5.74) is 3.45. The van der Waals surface area contributed by atoms with Crippen LogP contribution in [-0.2, 0) is 0 Å². The Morgan fingerprint density at radius 3 is 2.32 bits per heavy atom. The second kappa shape index (κ2) is 5.64. The van der Waals surface area contributed by atoms with Crippen LogP contribution in [0.1, 0.15) is 54.9 Å². The number of likely N-dealkylation sites (N-methyl/N-ethyl adjacent to an activating group) is 1. The molecule has 1 unspecified atom stereocenters. The number of benzene rings is 1. The third-order valence-electron chi connectivity index (χ3n) is 4.85. The van der Waals surface area contributed by atoms with Gasteiger partial charge in [-0.1, -0.05) is 43.0 Å². The summed E-state index contributed by atoms with van der Waals surface area (Å²) in [7, 11) is 4.22. The molecule has 2 heteroatoms. The number of hydrogen-bond donors (Lipinski definition) is 1. The second-order valence-electron chi connectivity index (χ2n) is 6.32. The molecule has 1 fully saturated rings. The number of aliphatic hydroxyl groups excluding tert-OH is 1. The van der Waals surface area contributed by atoms with Gasteiger partial charge in [0.1, 0.15) is 0 Å². The van der Waals surface area contributed by atoms with Crippen molar-refractivity contribution in [2.24, 2.45) is 0 Å². The fourth-order valence-corrected chi connectivity index (χ4v) is 3.47. The molecule has 0 bridgehead atoms. The molecule has 2 nitrogen and oxygen atoms in total. The van der Waals surface area contributed by atoms with Crippen molar-refractivity contribution in [3.05, 3.63) is 34.9 Å². The molecule has 1 saturated carbocycles. The Balaban J connectivity index is 2.39. The third-order valence-corrected chi connectivity index (χ3v) is 4.85. The first kappa shape index (κ1) is 14.5. The molecule has 1 aliphatic rings. The van der Waals surface area contributed by atoms with Crippen LogP contribution in [0.3, 0.4) is 0 Å². The zero-order valence-electron chi connectivity index (χ0n) is 12.7. The predicted octanol–water partition coefficient (Wildman–Crippen LogP) is 3.60. The standard InChI is InChI=1S/C17H27NO/c1-13-8-9-14(2)15(12-13)16(19)17(18(3)4)10-6-5-7-11-17/h8-9,12,16,19H,5-7,10-11H2,1-4H3. The molecule has 106 valence electrons. The zero-order valence-corrected chi connectivity index (χ0v) is 12.7. The highest BCUT2D eigenvalue weighted by Gasteiger charge is 2.42. The largest absolute Gasteiger partial charge is 0.386 e. The molecule has 0 amide bonds. The minimum Gasteiger partial charge on any atom is -0.386 e. The van der Waals surface area contributed by atoms with E-state index in [-0.39, 0.29) is 11.6 Å². The quantitative estimate of drug-likeness (QED) is 0.898. The van der Waals surface area contributed by atoms with Crippen molar-refractivity contribution >= 4 is 0 Å². The lowest BCUT2D eigenvalue weighted by Gasteiger charge is -2.47. The van der Waals surface area contributed by atoms with Gasteiger partial charge < -0.3 is 10.0 Å². The van der Waals surface area contributed by atoms with E-state index >= 15 is 0 Å². The van der Waals surface area contributed by atoms with Crippen LogP contribution >= 0.6 is 0 Å². The highest BCUT2D eigenvalue weighted by molar-refractivity contribution is 5.34. The van der Waals surface area contributed by atoms with Crippen LogP contribution < -0.4 is 0 Å². The van der Waals surface area contributed by atoms with E-state index in [1.807, 2.05) is 0 Å². The third kappa shape index (κ3) is 2.70. The van der Waals surface area contributed by atoms with E-state index in [0.717, 1.165) is 18.4 Å². The van der Waals surface area contributed by atoms with E-state index < -0.39 is 0 Å². The van der Waals surface area contributed by atoms with Gasteiger partial charge in [-0.3, -0.25) is 0 Å². The number of hydrogen-bond acceptors (Lipinski definition) is 2. The van der Waals surface area contributed by atoms with Gasteiger partial charge in [-0.15, -0.1) is 0 Å². The summed E-state index contributed by atoms with van der Waals surface area (Å²) in [5, 5.41) is 11.0. The van der Waals surface area contributed by atoms with Crippen LogP contribution in [0.2, 0.25) is 0 Å². The fraction of sp³-hybridized carbons (Fsp3) is 0.647. The van der Waals surface area contributed by atoms with E-state index in [0.29, 0.717) is 0 Å². The van der Waals surface area contributed by atoms with Gasteiger partial charge in [0.15, 0.2) is 0 Å². The van der Waals surface area contributed by atoms with Crippen LogP contribution in [0, 0.1) is 13.8 Å². The van der Waals surface area contributed by atoms with Gasteiger partial charge in [0.2, 0.25) is 0 Å². The molecule has 2 rings (SSSR count). The normalized spacial score (nSPS) is 20.5. The molecule has 1 aromatic carbocycles. The number of aryl methyl sites for hydroxylation is 2. The molecule has 1 aliphatic carbocycles. The molecule has 0 aliphatic heterocycles. The van der Waals surface area contributed by atoms with Crippen molar-refractivity contribution in [2.75, 3.05) is 14.1 Å². The Bertz CT molecular complexity index is 433. The number of nitrogens with zero attached hydrogens (tertiary/aromatic N) is 1. The Labute approximate surface area is 117 Å². The van der Waals surface area contributed by atoms with Crippen LogP contribution in [0.4, 0.5) is 0 Å². The zero-order chi connectivity index (χ0) is 14.0. The van der Waals surface area contributed by atoms with Gasteiger partial charge in [0.05, 0.1) is 11.6 Å². The van der Waals surface area contributed by atoms with Gasteiger partial charge in [-0.25, -0.2) is 0 Å². The van der Waals surface area contributed by atoms with E-state index in [9.17, 15) is 5.11 Å². The maximum absolute atomic E-state index is 11.0. The average molecular weight is 261 g/mol. The molecule has 1 aromatic rings. The predicted molar refractivity (Wildman–Crippen MR) is 80.4 cm³/mol. The summed E-state index contributed by atoms with van der Waals surface area (Å²) in [6.45, 7) is 4.20. The highest BCUT2D eigenvalue weighted by Crippen LogP contribution is 2.42. The summed E-state index contributed by atoms with van der Waals surface area (Å²) in [6, 6.07) is 6.40. The number of rotatable bonds is 3. The molecule has 0 saturated heterocycles. The first-order valence-electron chi connectivity index (χ1n) is 7.40. The molecule has 1 N–H and O–H groups in total. The Hall–Kier alpha value is -0.860. The summed E-state index contributed by atoms with van der Waals surface area (Å²) in [4.78, 5) is 2.25. The van der Waals surface area contributed by atoms with Crippen molar-refractivity contribution in [2.45, 2.75) is 57.6 Å². The minimum absolute atomic E-state index is 0.0865. The van der Waals surface area contributed by atoms with E-state index in [4.69, 9.17) is 0 Å². The molecule has 0 spiro atoms. The van der Waals surface area contributed by atoms with Crippen molar-refractivity contribution in [3.8, 4) is 0 Å². The molecule has 19 heavy (non-hydrogen) atoms. The van der Waals surface area contributed by atoms with E-state index in [2.05, 4.69) is 51.0 Å². The van der Waals surface area contributed by atoms with E-state index in [1.54, 1.807) is 0 Å². The Morgan fingerprint density at radius 1 is 1.11 bits per heavy atom. The smallest absolute Gasteiger partial charge is 0.0976 e. The SMILES string of the molecule is Cc1ccc(C)c(C(O)C2(N(C)C)CCCCC2)c1. The van der Waals surface area contributed by atoms with Crippen molar-refractivity contribution in [3.63, 3.8) is 0 Å². The average Bonchev–Trinajstić information content (AvgIpc) is 2.41. The minimum atomic E-state index is -0.386. The van der Waals surface area contributed by atoms with Gasteiger partial charge in [-0.2, -0.15) is 0 Å². The van der Waals surface area contributed by atoms with Crippen molar-refractivity contribution < 1.29 is 5.11 Å². The van der Waals surface area contributed by atoms with E-state index in [1.165, 1.54) is 30.4 Å². The van der Waals surface area contributed by atoms with Crippen LogP contribution in [0.25, 0.3) is 0 Å². The Kier molecular flexibility index (Phi) is 4.32. The molecular weight excluding hydrogens is 234 g/mol. The van der Waals surface area contributed by atoms with Crippen molar-refractivity contribution in [1.82, 2.24) is 4.90 Å². The first-order valence-corrected chi connectivity index (χ1v) is 7.40. The summed E-state index contributed by atoms with van der Waals surface area (Å²) >= 11 is 0. The van der Waals surface area contributed by atoms with Gasteiger partial charge in [0.25, 0.3) is 0 Å². The topological polar surface area (TPSA) is 23.5 Å². The van der Waals surface area contributed by atoms with Gasteiger partial charge in [-0.05, 0) is 51.9 Å². The lowest BCUT2D eigenvalue weighted by atomic mass is 9.73. The monoisotopic (exact) mass is 261 g/mol. The maximum atomic E-state index is 11.0. The lowest BCUT2D eigenvalue weighted by Crippen LogP contribution is -2.50. The molecule has 1 atom stereocenters. The van der Waals surface area contributed by atoms with Gasteiger partial charge in [0, 0.05) is 0 Å². The number of aliphatic hydroxyl groups is 1. The lowest BCUT2D eigenvalue weighted by molar-refractivity contribution is -0.0339. The Morgan fingerprint density at radius 2 is 1.74 bits per heavy atom.